The van der Waals surface area contributed by atoms with Gasteiger partial charge in [-0.25, -0.2) is 0 Å². The van der Waals surface area contributed by atoms with E-state index in [-0.39, 0.29) is 5.91 Å². The van der Waals surface area contributed by atoms with Gasteiger partial charge in [0.05, 0.1) is 0 Å². The summed E-state index contributed by atoms with van der Waals surface area (Å²) in [5, 5.41) is 6.87. The fraction of sp³-hybridized carbons (Fsp3) is 0.909. The Balaban J connectivity index is 1.89. The zero-order chi connectivity index (χ0) is 10.9. The maximum Gasteiger partial charge on any atom is 0.219 e. The molecule has 1 amide bonds. The predicted molar refractivity (Wildman–Crippen MR) is 66.3 cm³/mol. The summed E-state index contributed by atoms with van der Waals surface area (Å²) in [6.07, 6.45) is 5.71. The second-order valence-electron chi connectivity index (χ2n) is 3.97. The number of amides is 1. The van der Waals surface area contributed by atoms with E-state index in [1.165, 1.54) is 25.0 Å². The van der Waals surface area contributed by atoms with E-state index in [0.29, 0.717) is 6.42 Å². The third-order valence-corrected chi connectivity index (χ3v) is 4.08. The lowest BCUT2D eigenvalue weighted by Gasteiger charge is -2.21. The molecule has 0 aliphatic carbocycles. The Morgan fingerprint density at radius 1 is 1.47 bits per heavy atom. The highest BCUT2D eigenvalue weighted by atomic mass is 32.2. The van der Waals surface area contributed by atoms with Gasteiger partial charge in [0, 0.05) is 25.3 Å². The molecule has 1 heterocycles. The van der Waals surface area contributed by atoms with Crippen LogP contribution in [-0.4, -0.2) is 37.0 Å². The Morgan fingerprint density at radius 2 is 2.33 bits per heavy atom. The summed E-state index contributed by atoms with van der Waals surface area (Å²) < 4.78 is 0. The molecule has 0 radical (unpaired) electrons. The molecule has 1 aliphatic heterocycles. The fourth-order valence-corrected chi connectivity index (χ4v) is 3.00. The summed E-state index contributed by atoms with van der Waals surface area (Å²) in [5.74, 6) is 1.47. The first-order valence-corrected chi connectivity index (χ1v) is 6.90. The molecule has 0 bridgehead atoms. The third-order valence-electron chi connectivity index (χ3n) is 2.68. The van der Waals surface area contributed by atoms with Gasteiger partial charge in [0.1, 0.15) is 0 Å². The fourth-order valence-electron chi connectivity index (χ4n) is 1.73. The minimum absolute atomic E-state index is 0.142. The van der Waals surface area contributed by atoms with Gasteiger partial charge >= 0.3 is 0 Å². The predicted octanol–water partition coefficient (Wildman–Crippen LogP) is 1.39. The summed E-state index contributed by atoms with van der Waals surface area (Å²) in [5.41, 5.74) is 0. The van der Waals surface area contributed by atoms with Crippen LogP contribution in [0.15, 0.2) is 0 Å². The van der Waals surface area contributed by atoms with Crippen LogP contribution in [0.2, 0.25) is 0 Å². The van der Waals surface area contributed by atoms with Gasteiger partial charge < -0.3 is 10.6 Å². The number of hydrogen-bond donors (Lipinski definition) is 2. The zero-order valence-electron chi connectivity index (χ0n) is 9.55. The van der Waals surface area contributed by atoms with Crippen LogP contribution >= 0.6 is 11.8 Å². The highest BCUT2D eigenvalue weighted by Crippen LogP contribution is 2.24. The Morgan fingerprint density at radius 3 is 3.00 bits per heavy atom. The molecular formula is C11H22N2OS. The van der Waals surface area contributed by atoms with Crippen molar-refractivity contribution in [3.63, 3.8) is 0 Å². The summed E-state index contributed by atoms with van der Waals surface area (Å²) in [6.45, 7) is 2.07. The van der Waals surface area contributed by atoms with Gasteiger partial charge in [-0.3, -0.25) is 4.79 Å². The van der Waals surface area contributed by atoms with Crippen molar-refractivity contribution >= 4 is 17.7 Å². The third kappa shape index (κ3) is 6.05. The SMILES string of the molecule is CNC(=O)CCCNCC1CCCCS1. The minimum Gasteiger partial charge on any atom is -0.359 e. The summed E-state index contributed by atoms with van der Waals surface area (Å²) in [7, 11) is 1.69. The monoisotopic (exact) mass is 230 g/mol. The van der Waals surface area contributed by atoms with Crippen molar-refractivity contribution in [2.75, 3.05) is 25.9 Å². The van der Waals surface area contributed by atoms with Crippen molar-refractivity contribution < 1.29 is 4.79 Å². The number of carbonyl (C=O) groups is 1. The smallest absolute Gasteiger partial charge is 0.219 e. The van der Waals surface area contributed by atoms with Crippen molar-refractivity contribution in [1.29, 1.82) is 0 Å². The van der Waals surface area contributed by atoms with E-state index in [9.17, 15) is 4.79 Å². The molecule has 0 aromatic rings. The molecule has 1 saturated heterocycles. The van der Waals surface area contributed by atoms with Crippen LogP contribution in [0.1, 0.15) is 32.1 Å². The van der Waals surface area contributed by atoms with Gasteiger partial charge in [-0.15, -0.1) is 0 Å². The van der Waals surface area contributed by atoms with E-state index in [0.717, 1.165) is 24.8 Å². The lowest BCUT2D eigenvalue weighted by atomic mass is 10.2. The zero-order valence-corrected chi connectivity index (χ0v) is 10.4. The van der Waals surface area contributed by atoms with Gasteiger partial charge in [0.25, 0.3) is 0 Å². The van der Waals surface area contributed by atoms with E-state index in [1.807, 2.05) is 0 Å². The number of hydrogen-bond acceptors (Lipinski definition) is 3. The standard InChI is InChI=1S/C11H22N2OS/c1-12-11(14)6-4-7-13-9-10-5-2-3-8-15-10/h10,13H,2-9H2,1H3,(H,12,14). The van der Waals surface area contributed by atoms with Crippen LogP contribution in [-0.2, 0) is 4.79 Å². The Bertz CT molecular complexity index is 181. The molecular weight excluding hydrogens is 208 g/mol. The van der Waals surface area contributed by atoms with Crippen LogP contribution in [0.25, 0.3) is 0 Å². The van der Waals surface area contributed by atoms with E-state index in [2.05, 4.69) is 22.4 Å². The van der Waals surface area contributed by atoms with Gasteiger partial charge in [0.15, 0.2) is 0 Å². The molecule has 1 fully saturated rings. The molecule has 1 atom stereocenters. The Hall–Kier alpha value is -0.220. The van der Waals surface area contributed by atoms with E-state index < -0.39 is 0 Å². The van der Waals surface area contributed by atoms with Crippen molar-refractivity contribution in [2.45, 2.75) is 37.4 Å². The van der Waals surface area contributed by atoms with Gasteiger partial charge in [0.2, 0.25) is 5.91 Å². The molecule has 0 saturated carbocycles. The van der Waals surface area contributed by atoms with Gasteiger partial charge in [-0.2, -0.15) is 11.8 Å². The van der Waals surface area contributed by atoms with Crippen LogP contribution in [0.3, 0.4) is 0 Å². The van der Waals surface area contributed by atoms with E-state index >= 15 is 0 Å². The first-order chi connectivity index (χ1) is 7.33. The molecule has 88 valence electrons. The van der Waals surface area contributed by atoms with Crippen molar-refractivity contribution in [2.24, 2.45) is 0 Å². The van der Waals surface area contributed by atoms with E-state index in [1.54, 1.807) is 7.05 Å². The molecule has 1 aliphatic rings. The maximum atomic E-state index is 10.9. The van der Waals surface area contributed by atoms with E-state index in [4.69, 9.17) is 0 Å². The molecule has 1 unspecified atom stereocenters. The normalized spacial score (nSPS) is 21.3. The molecule has 3 nitrogen and oxygen atoms in total. The quantitative estimate of drug-likeness (QED) is 0.678. The number of nitrogens with one attached hydrogen (secondary N) is 2. The van der Waals surface area contributed by atoms with Gasteiger partial charge in [-0.05, 0) is 31.6 Å². The number of thioether (sulfide) groups is 1. The largest absolute Gasteiger partial charge is 0.359 e. The summed E-state index contributed by atoms with van der Waals surface area (Å²) in [6, 6.07) is 0. The first-order valence-electron chi connectivity index (χ1n) is 5.86. The molecule has 1 rings (SSSR count). The molecule has 0 aromatic carbocycles. The first kappa shape index (κ1) is 12.8. The van der Waals surface area contributed by atoms with Crippen molar-refractivity contribution in [3.8, 4) is 0 Å². The molecule has 2 N–H and O–H groups in total. The Kier molecular flexibility index (Phi) is 6.85. The summed E-state index contributed by atoms with van der Waals surface area (Å²) in [4.78, 5) is 10.9. The highest BCUT2D eigenvalue weighted by molar-refractivity contribution is 7.99. The van der Waals surface area contributed by atoms with Crippen LogP contribution < -0.4 is 10.6 Å². The molecule has 15 heavy (non-hydrogen) atoms. The molecule has 0 spiro atoms. The Labute approximate surface area is 96.8 Å². The minimum atomic E-state index is 0.142. The molecule has 0 aromatic heterocycles. The average Bonchev–Trinajstić information content (AvgIpc) is 2.29. The van der Waals surface area contributed by atoms with Crippen molar-refractivity contribution in [1.82, 2.24) is 10.6 Å². The lowest BCUT2D eigenvalue weighted by molar-refractivity contribution is -0.120. The second-order valence-corrected chi connectivity index (χ2v) is 5.38. The van der Waals surface area contributed by atoms with Crippen LogP contribution in [0.4, 0.5) is 0 Å². The second kappa shape index (κ2) is 7.99. The average molecular weight is 230 g/mol. The lowest BCUT2D eigenvalue weighted by Crippen LogP contribution is -2.28. The maximum absolute atomic E-state index is 10.9. The summed E-state index contributed by atoms with van der Waals surface area (Å²) >= 11 is 2.09. The highest BCUT2D eigenvalue weighted by Gasteiger charge is 2.12. The number of carbonyl (C=O) groups excluding carboxylic acids is 1. The van der Waals surface area contributed by atoms with Gasteiger partial charge in [-0.1, -0.05) is 6.42 Å². The molecule has 4 heteroatoms. The van der Waals surface area contributed by atoms with Crippen LogP contribution in [0, 0.1) is 0 Å². The topological polar surface area (TPSA) is 41.1 Å². The number of rotatable bonds is 6. The van der Waals surface area contributed by atoms with Crippen LogP contribution in [0.5, 0.6) is 0 Å². The van der Waals surface area contributed by atoms with Crippen molar-refractivity contribution in [3.05, 3.63) is 0 Å².